The van der Waals surface area contributed by atoms with Gasteiger partial charge in [0.2, 0.25) is 0 Å². The maximum Gasteiger partial charge on any atom is 0.345 e. The molecule has 1 aliphatic heterocycles. The number of aliphatic hydroxyl groups excluding tert-OH is 1. The van der Waals surface area contributed by atoms with Gasteiger partial charge < -0.3 is 23.7 Å². The molecule has 1 aliphatic carbocycles. The number of aliphatic hydroxyl groups is 1. The van der Waals surface area contributed by atoms with Crippen LogP contribution in [0.15, 0.2) is 39.8 Å². The minimum Gasteiger partial charge on any atom is -0.482 e. The van der Waals surface area contributed by atoms with Gasteiger partial charge in [0.15, 0.2) is 0 Å². The second kappa shape index (κ2) is 9.11. The smallest absolute Gasteiger partial charge is 0.345 e. The van der Waals surface area contributed by atoms with E-state index in [1.165, 1.54) is 13.8 Å². The lowest BCUT2D eigenvalue weighted by Gasteiger charge is -2.54. The van der Waals surface area contributed by atoms with Gasteiger partial charge in [0.25, 0.3) is 0 Å². The molecule has 2 aromatic rings. The monoisotopic (exact) mass is 485 g/mol. The first-order valence-corrected chi connectivity index (χ1v) is 11.8. The van der Waals surface area contributed by atoms with Crippen LogP contribution in [0.1, 0.15) is 65.5 Å². The van der Waals surface area contributed by atoms with Crippen LogP contribution in [0.2, 0.25) is 0 Å². The number of nitrogens with zero attached hydrogens (tertiary/aromatic N) is 1. The molecule has 0 unspecified atom stereocenters. The standard InChI is InChI=1S/C26H31NO8/c1-6-25(4,34-15(3)29)17-10-18-23(30)22-20(35-26(18,5)21(11-17)32-14(2)28)12-19(33-24(22)31)16-8-7-9-27-13-16/h7-9,12-13,17-18,21,23,30H,6,10-11H2,1-5H3/t17-,18+,21-,23+,25-,26-/m1/s1. The summed E-state index contributed by atoms with van der Waals surface area (Å²) in [6, 6.07) is 5.02. The molecule has 1 saturated carbocycles. The second-order valence-electron chi connectivity index (χ2n) is 9.78. The van der Waals surface area contributed by atoms with Crippen LogP contribution in [-0.2, 0) is 19.1 Å². The highest BCUT2D eigenvalue weighted by Crippen LogP contribution is 2.54. The fourth-order valence-electron chi connectivity index (χ4n) is 5.51. The lowest BCUT2D eigenvalue weighted by atomic mass is 9.61. The van der Waals surface area contributed by atoms with Crippen LogP contribution in [-0.4, -0.2) is 39.3 Å². The first-order valence-electron chi connectivity index (χ1n) is 11.8. The van der Waals surface area contributed by atoms with Gasteiger partial charge in [-0.2, -0.15) is 0 Å². The van der Waals surface area contributed by atoms with Crippen LogP contribution >= 0.6 is 0 Å². The molecule has 0 aromatic carbocycles. The second-order valence-corrected chi connectivity index (χ2v) is 9.78. The molecule has 2 aliphatic rings. The van der Waals surface area contributed by atoms with E-state index in [2.05, 4.69) is 4.98 Å². The van der Waals surface area contributed by atoms with E-state index in [-0.39, 0.29) is 23.0 Å². The normalized spacial score (nSPS) is 29.1. The van der Waals surface area contributed by atoms with Crippen molar-refractivity contribution in [1.82, 2.24) is 4.98 Å². The lowest BCUT2D eigenvalue weighted by Crippen LogP contribution is -2.62. The average molecular weight is 486 g/mol. The van der Waals surface area contributed by atoms with E-state index in [1.54, 1.807) is 37.5 Å². The van der Waals surface area contributed by atoms with Gasteiger partial charge in [-0.05, 0) is 45.2 Å². The van der Waals surface area contributed by atoms with E-state index < -0.39 is 46.9 Å². The summed E-state index contributed by atoms with van der Waals surface area (Å²) in [5.41, 5.74) is -2.08. The number of fused-ring (bicyclic) bond motifs is 2. The van der Waals surface area contributed by atoms with E-state index in [4.69, 9.17) is 18.6 Å². The Bertz CT molecular complexity index is 1180. The number of rotatable bonds is 5. The van der Waals surface area contributed by atoms with E-state index in [9.17, 15) is 19.5 Å². The molecule has 6 atom stereocenters. The topological polar surface area (TPSA) is 125 Å². The van der Waals surface area contributed by atoms with Crippen molar-refractivity contribution in [2.45, 2.75) is 77.3 Å². The van der Waals surface area contributed by atoms with E-state index >= 15 is 0 Å². The van der Waals surface area contributed by atoms with Crippen molar-refractivity contribution >= 4 is 11.9 Å². The number of carbonyl (C=O) groups excluding carboxylic acids is 2. The Morgan fingerprint density at radius 1 is 1.29 bits per heavy atom. The SMILES string of the molecule is CC[C@@](C)(OC(C)=O)[C@H]1C[C@@H](OC(C)=O)[C@]2(C)Oc3cc(-c4cccnc4)oc(=O)c3[C@@H](O)[C@@H]2C1. The van der Waals surface area contributed by atoms with Crippen LogP contribution in [0.4, 0.5) is 0 Å². The fourth-order valence-corrected chi connectivity index (χ4v) is 5.51. The Morgan fingerprint density at radius 2 is 2.03 bits per heavy atom. The Hall–Kier alpha value is -3.20. The van der Waals surface area contributed by atoms with Gasteiger partial charge in [-0.25, -0.2) is 4.79 Å². The maximum atomic E-state index is 13.0. The van der Waals surface area contributed by atoms with Crippen LogP contribution < -0.4 is 10.4 Å². The average Bonchev–Trinajstić information content (AvgIpc) is 2.79. The third kappa shape index (κ3) is 4.45. The number of carbonyl (C=O) groups is 2. The van der Waals surface area contributed by atoms with Gasteiger partial charge in [-0.1, -0.05) is 6.92 Å². The third-order valence-electron chi connectivity index (χ3n) is 7.57. The highest BCUT2D eigenvalue weighted by Gasteiger charge is 2.60. The van der Waals surface area contributed by atoms with Gasteiger partial charge in [-0.15, -0.1) is 0 Å². The first-order chi connectivity index (χ1) is 16.5. The number of hydrogen-bond acceptors (Lipinski definition) is 9. The number of aromatic nitrogens is 1. The van der Waals surface area contributed by atoms with Crippen molar-refractivity contribution in [1.29, 1.82) is 0 Å². The Kier molecular flexibility index (Phi) is 6.48. The highest BCUT2D eigenvalue weighted by atomic mass is 16.6. The van der Waals surface area contributed by atoms with Gasteiger partial charge in [0, 0.05) is 49.7 Å². The Morgan fingerprint density at radius 3 is 2.63 bits per heavy atom. The first kappa shape index (κ1) is 24.9. The molecule has 9 heteroatoms. The number of pyridine rings is 1. The molecule has 1 N–H and O–H groups in total. The molecule has 35 heavy (non-hydrogen) atoms. The predicted molar refractivity (Wildman–Crippen MR) is 124 cm³/mol. The van der Waals surface area contributed by atoms with Crippen molar-refractivity contribution < 1.29 is 33.3 Å². The summed E-state index contributed by atoms with van der Waals surface area (Å²) in [5, 5.41) is 11.5. The zero-order chi connectivity index (χ0) is 25.5. The molecular formula is C26H31NO8. The number of ether oxygens (including phenoxy) is 3. The molecule has 0 radical (unpaired) electrons. The van der Waals surface area contributed by atoms with Gasteiger partial charge in [-0.3, -0.25) is 14.6 Å². The van der Waals surface area contributed by atoms with E-state index in [1.807, 2.05) is 13.8 Å². The highest BCUT2D eigenvalue weighted by molar-refractivity contribution is 5.67. The zero-order valence-electron chi connectivity index (χ0n) is 20.6. The maximum absolute atomic E-state index is 13.0. The van der Waals surface area contributed by atoms with Crippen molar-refractivity contribution in [2.24, 2.45) is 11.8 Å². The Balaban J connectivity index is 1.79. The summed E-state index contributed by atoms with van der Waals surface area (Å²) in [4.78, 5) is 41.0. The van der Waals surface area contributed by atoms with E-state index in [0.717, 1.165) is 0 Å². The summed E-state index contributed by atoms with van der Waals surface area (Å²) in [5.74, 6) is -1.34. The number of esters is 2. The van der Waals surface area contributed by atoms with Crippen molar-refractivity contribution in [2.75, 3.05) is 0 Å². The van der Waals surface area contributed by atoms with E-state index in [0.29, 0.717) is 24.8 Å². The molecule has 0 bridgehead atoms. The molecule has 9 nitrogen and oxygen atoms in total. The van der Waals surface area contributed by atoms with Crippen molar-refractivity contribution in [3.63, 3.8) is 0 Å². The minimum atomic E-state index is -1.23. The zero-order valence-corrected chi connectivity index (χ0v) is 20.6. The quantitative estimate of drug-likeness (QED) is 0.633. The summed E-state index contributed by atoms with van der Waals surface area (Å²) in [6.07, 6.45) is 2.46. The summed E-state index contributed by atoms with van der Waals surface area (Å²) in [6.45, 7) is 8.20. The Labute approximate surface area is 203 Å². The summed E-state index contributed by atoms with van der Waals surface area (Å²) in [7, 11) is 0. The largest absolute Gasteiger partial charge is 0.482 e. The molecule has 2 aromatic heterocycles. The van der Waals surface area contributed by atoms with Crippen molar-refractivity contribution in [3.05, 3.63) is 46.6 Å². The summed E-state index contributed by atoms with van der Waals surface area (Å²) < 4.78 is 23.3. The fraction of sp³-hybridized carbons (Fsp3) is 0.538. The molecule has 3 heterocycles. The van der Waals surface area contributed by atoms with Gasteiger partial charge in [0.1, 0.15) is 34.4 Å². The molecular weight excluding hydrogens is 454 g/mol. The lowest BCUT2D eigenvalue weighted by molar-refractivity contribution is -0.209. The summed E-state index contributed by atoms with van der Waals surface area (Å²) >= 11 is 0. The van der Waals surface area contributed by atoms with Gasteiger partial charge >= 0.3 is 17.6 Å². The number of hydrogen-bond donors (Lipinski definition) is 1. The molecule has 4 rings (SSSR count). The third-order valence-corrected chi connectivity index (χ3v) is 7.57. The molecule has 188 valence electrons. The van der Waals surface area contributed by atoms with Crippen LogP contribution in [0, 0.1) is 11.8 Å². The van der Waals surface area contributed by atoms with Crippen molar-refractivity contribution in [3.8, 4) is 17.1 Å². The van der Waals surface area contributed by atoms with Crippen LogP contribution in [0.3, 0.4) is 0 Å². The molecule has 1 fully saturated rings. The predicted octanol–water partition coefficient (Wildman–Crippen LogP) is 3.58. The van der Waals surface area contributed by atoms with Crippen LogP contribution in [0.25, 0.3) is 11.3 Å². The molecule has 0 spiro atoms. The van der Waals surface area contributed by atoms with Crippen LogP contribution in [0.5, 0.6) is 5.75 Å². The molecule has 0 saturated heterocycles. The molecule has 0 amide bonds. The minimum absolute atomic E-state index is 0.0213. The van der Waals surface area contributed by atoms with Gasteiger partial charge in [0.05, 0.1) is 6.10 Å².